The number of pyridine rings is 2. The topological polar surface area (TPSA) is 88.2 Å². The van der Waals surface area contributed by atoms with E-state index in [1.807, 2.05) is 55.8 Å². The minimum absolute atomic E-state index is 0.722. The van der Waals surface area contributed by atoms with E-state index in [2.05, 4.69) is 25.4 Å². The first-order valence-corrected chi connectivity index (χ1v) is 9.63. The molecule has 0 saturated carbocycles. The molecule has 154 valence electrons. The summed E-state index contributed by atoms with van der Waals surface area (Å²) in [6, 6.07) is 11.8. The van der Waals surface area contributed by atoms with Gasteiger partial charge in [-0.2, -0.15) is 5.10 Å². The van der Waals surface area contributed by atoms with Crippen LogP contribution in [0.1, 0.15) is 0 Å². The zero-order chi connectivity index (χ0) is 20.9. The van der Waals surface area contributed by atoms with Crippen molar-refractivity contribution in [2.24, 2.45) is 0 Å². The van der Waals surface area contributed by atoms with E-state index in [4.69, 9.17) is 14.5 Å². The Morgan fingerprint density at radius 1 is 0.967 bits per heavy atom. The molecule has 3 aromatic heterocycles. The second kappa shape index (κ2) is 8.79. The third-order valence-electron chi connectivity index (χ3n) is 4.86. The van der Waals surface area contributed by atoms with Crippen molar-refractivity contribution in [1.82, 2.24) is 25.5 Å². The van der Waals surface area contributed by atoms with Gasteiger partial charge in [0.2, 0.25) is 0 Å². The second-order valence-electron chi connectivity index (χ2n) is 6.74. The molecule has 0 radical (unpaired) electrons. The Bertz CT molecular complexity index is 1110. The van der Waals surface area contributed by atoms with Crippen molar-refractivity contribution in [1.29, 1.82) is 0 Å². The van der Waals surface area contributed by atoms with Gasteiger partial charge >= 0.3 is 0 Å². The maximum Gasteiger partial charge on any atom is 0.133 e. The molecule has 3 heterocycles. The summed E-state index contributed by atoms with van der Waals surface area (Å²) in [7, 11) is 5.22. The van der Waals surface area contributed by atoms with Gasteiger partial charge in [0.25, 0.3) is 0 Å². The van der Waals surface area contributed by atoms with Gasteiger partial charge in [-0.1, -0.05) is 0 Å². The van der Waals surface area contributed by atoms with Crippen molar-refractivity contribution >= 4 is 22.5 Å². The number of anilines is 2. The summed E-state index contributed by atoms with van der Waals surface area (Å²) < 4.78 is 10.9. The van der Waals surface area contributed by atoms with E-state index >= 15 is 0 Å². The molecule has 4 rings (SSSR count). The summed E-state index contributed by atoms with van der Waals surface area (Å²) in [5.41, 5.74) is 4.53. The van der Waals surface area contributed by atoms with Crippen molar-refractivity contribution in [2.75, 3.05) is 39.3 Å². The molecule has 4 aromatic rings. The average Bonchev–Trinajstić information content (AvgIpc) is 3.33. The fourth-order valence-electron chi connectivity index (χ4n) is 3.26. The number of fused-ring (bicyclic) bond motifs is 1. The number of benzene rings is 1. The SMILES string of the molecule is CNCCN(c1cc(OC)cc(OC)c1)c1ccc2ncc(-c3cn[nH]c3)cc2n1. The fraction of sp³-hybridized carbons (Fsp3) is 0.227. The number of aromatic amines is 1. The van der Waals surface area contributed by atoms with Crippen molar-refractivity contribution < 1.29 is 9.47 Å². The molecule has 0 atom stereocenters. The lowest BCUT2D eigenvalue weighted by atomic mass is 10.1. The Kier molecular flexibility index (Phi) is 5.76. The molecule has 8 nitrogen and oxygen atoms in total. The fourth-order valence-corrected chi connectivity index (χ4v) is 3.26. The molecular formula is C22H24N6O2. The number of methoxy groups -OCH3 is 2. The monoisotopic (exact) mass is 404 g/mol. The van der Waals surface area contributed by atoms with E-state index in [-0.39, 0.29) is 0 Å². The van der Waals surface area contributed by atoms with Crippen LogP contribution in [-0.4, -0.2) is 54.5 Å². The summed E-state index contributed by atoms with van der Waals surface area (Å²) in [5.74, 6) is 2.27. The molecule has 0 saturated heterocycles. The molecule has 0 unspecified atom stereocenters. The number of nitrogens with one attached hydrogen (secondary N) is 2. The first-order chi connectivity index (χ1) is 14.7. The Hall–Kier alpha value is -3.65. The summed E-state index contributed by atoms with van der Waals surface area (Å²) >= 11 is 0. The smallest absolute Gasteiger partial charge is 0.133 e. The van der Waals surface area contributed by atoms with Crippen molar-refractivity contribution in [3.05, 3.63) is 55.0 Å². The van der Waals surface area contributed by atoms with Gasteiger partial charge in [0, 0.05) is 60.5 Å². The summed E-state index contributed by atoms with van der Waals surface area (Å²) in [4.78, 5) is 11.6. The van der Waals surface area contributed by atoms with E-state index in [0.717, 1.165) is 58.3 Å². The van der Waals surface area contributed by atoms with Gasteiger partial charge in [-0.15, -0.1) is 0 Å². The molecule has 0 fully saturated rings. The molecular weight excluding hydrogens is 380 g/mol. The molecule has 8 heteroatoms. The maximum absolute atomic E-state index is 5.45. The van der Waals surface area contributed by atoms with Crippen molar-refractivity contribution in [3.63, 3.8) is 0 Å². The lowest BCUT2D eigenvalue weighted by molar-refractivity contribution is 0.394. The van der Waals surface area contributed by atoms with Gasteiger partial charge in [0.1, 0.15) is 17.3 Å². The molecule has 1 aromatic carbocycles. The predicted octanol–water partition coefficient (Wildman–Crippen LogP) is 3.39. The zero-order valence-corrected chi connectivity index (χ0v) is 17.2. The van der Waals surface area contributed by atoms with Crippen LogP contribution in [0, 0.1) is 0 Å². The number of rotatable bonds is 8. The molecule has 0 aliphatic carbocycles. The first-order valence-electron chi connectivity index (χ1n) is 9.63. The van der Waals surface area contributed by atoms with Crippen molar-refractivity contribution in [3.8, 4) is 22.6 Å². The molecule has 0 aliphatic rings. The standard InChI is InChI=1S/C22H24N6O2/c1-23-6-7-28(17-9-18(29-2)11-19(10-17)30-3)22-5-4-20-21(27-22)8-15(12-24-20)16-13-25-26-14-16/h4-5,8-14,23H,6-7H2,1-3H3,(H,25,26). The zero-order valence-electron chi connectivity index (χ0n) is 17.2. The minimum atomic E-state index is 0.722. The number of H-pyrrole nitrogens is 1. The maximum atomic E-state index is 5.45. The molecule has 30 heavy (non-hydrogen) atoms. The average molecular weight is 404 g/mol. The predicted molar refractivity (Wildman–Crippen MR) is 118 cm³/mol. The van der Waals surface area contributed by atoms with Crippen LogP contribution in [0.4, 0.5) is 11.5 Å². The second-order valence-corrected chi connectivity index (χ2v) is 6.74. The van der Waals surface area contributed by atoms with Gasteiger partial charge in [0.05, 0.1) is 31.4 Å². The molecule has 0 amide bonds. The van der Waals surface area contributed by atoms with Gasteiger partial charge in [0.15, 0.2) is 0 Å². The molecule has 2 N–H and O–H groups in total. The van der Waals surface area contributed by atoms with E-state index in [1.54, 1.807) is 20.4 Å². The quantitative estimate of drug-likeness (QED) is 0.465. The highest BCUT2D eigenvalue weighted by molar-refractivity contribution is 5.82. The number of hydrogen-bond donors (Lipinski definition) is 2. The minimum Gasteiger partial charge on any atom is -0.497 e. The van der Waals surface area contributed by atoms with Crippen LogP contribution in [0.3, 0.4) is 0 Å². The number of aromatic nitrogens is 4. The van der Waals surface area contributed by atoms with E-state index < -0.39 is 0 Å². The van der Waals surface area contributed by atoms with E-state index in [1.165, 1.54) is 0 Å². The van der Waals surface area contributed by atoms with Gasteiger partial charge in [-0.25, -0.2) is 4.98 Å². The highest BCUT2D eigenvalue weighted by atomic mass is 16.5. The summed E-state index contributed by atoms with van der Waals surface area (Å²) in [5, 5.41) is 10.1. The van der Waals surface area contributed by atoms with Crippen LogP contribution < -0.4 is 19.7 Å². The van der Waals surface area contributed by atoms with Gasteiger partial charge in [-0.3, -0.25) is 10.1 Å². The number of ether oxygens (including phenoxy) is 2. The molecule has 0 spiro atoms. The summed E-state index contributed by atoms with van der Waals surface area (Å²) in [6.45, 7) is 1.51. The lowest BCUT2D eigenvalue weighted by Crippen LogP contribution is -2.27. The Morgan fingerprint density at radius 3 is 2.43 bits per heavy atom. The summed E-state index contributed by atoms with van der Waals surface area (Å²) in [6.07, 6.45) is 5.45. The third-order valence-corrected chi connectivity index (χ3v) is 4.86. The van der Waals surface area contributed by atoms with Crippen LogP contribution in [-0.2, 0) is 0 Å². The van der Waals surface area contributed by atoms with Gasteiger partial charge < -0.3 is 19.7 Å². The van der Waals surface area contributed by atoms with E-state index in [0.29, 0.717) is 0 Å². The molecule has 0 bridgehead atoms. The van der Waals surface area contributed by atoms with Crippen LogP contribution in [0.15, 0.2) is 55.0 Å². The highest BCUT2D eigenvalue weighted by Crippen LogP contribution is 2.33. The highest BCUT2D eigenvalue weighted by Gasteiger charge is 2.15. The molecule has 0 aliphatic heterocycles. The number of nitrogens with zero attached hydrogens (tertiary/aromatic N) is 4. The van der Waals surface area contributed by atoms with Crippen LogP contribution in [0.2, 0.25) is 0 Å². The largest absolute Gasteiger partial charge is 0.497 e. The normalized spacial score (nSPS) is 10.9. The van der Waals surface area contributed by atoms with Crippen molar-refractivity contribution in [2.45, 2.75) is 0 Å². The number of hydrogen-bond acceptors (Lipinski definition) is 7. The number of likely N-dealkylation sites (N-methyl/N-ethyl adjacent to an activating group) is 1. The third kappa shape index (κ3) is 4.04. The Labute approximate surface area is 174 Å². The first kappa shape index (κ1) is 19.7. The van der Waals surface area contributed by atoms with Gasteiger partial charge in [-0.05, 0) is 25.2 Å². The van der Waals surface area contributed by atoms with E-state index in [9.17, 15) is 0 Å². The van der Waals surface area contributed by atoms with Crippen LogP contribution in [0.5, 0.6) is 11.5 Å². The Morgan fingerprint density at radius 2 is 1.77 bits per heavy atom. The van der Waals surface area contributed by atoms with Crippen LogP contribution in [0.25, 0.3) is 22.2 Å². The lowest BCUT2D eigenvalue weighted by Gasteiger charge is -2.25. The Balaban J connectivity index is 1.78. The van der Waals surface area contributed by atoms with Crippen LogP contribution >= 0.6 is 0 Å².